The van der Waals surface area contributed by atoms with Gasteiger partial charge in [0.25, 0.3) is 0 Å². The Kier molecular flexibility index (Phi) is 3.65. The normalized spacial score (nSPS) is 29.0. The summed E-state index contributed by atoms with van der Waals surface area (Å²) in [6.45, 7) is 4.20. The second-order valence-electron chi connectivity index (χ2n) is 5.27. The van der Waals surface area contributed by atoms with Crippen molar-refractivity contribution >= 4 is 0 Å². The zero-order chi connectivity index (χ0) is 10.8. The van der Waals surface area contributed by atoms with E-state index in [-0.39, 0.29) is 0 Å². The highest BCUT2D eigenvalue weighted by molar-refractivity contribution is 4.82. The van der Waals surface area contributed by atoms with Crippen LogP contribution in [0, 0.1) is 5.92 Å². The van der Waals surface area contributed by atoms with E-state index in [9.17, 15) is 0 Å². The maximum Gasteiger partial charge on any atom is 0.0636 e. The number of hydrogen-bond donors (Lipinski definition) is 0. The minimum Gasteiger partial charge on any atom is -0.380 e. The van der Waals surface area contributed by atoms with Crippen LogP contribution in [-0.2, 0) is 4.74 Å². The predicted molar refractivity (Wildman–Crippen MR) is 61.6 cm³/mol. The summed E-state index contributed by atoms with van der Waals surface area (Å²) in [5, 5.41) is 4.78. The highest BCUT2D eigenvalue weighted by atomic mass is 16.5. The molecule has 2 fully saturated rings. The molecule has 1 heterocycles. The lowest BCUT2D eigenvalue weighted by Gasteiger charge is -2.38. The second-order valence-corrected chi connectivity index (χ2v) is 5.27. The van der Waals surface area contributed by atoms with Gasteiger partial charge in [-0.2, -0.15) is 0 Å². The van der Waals surface area contributed by atoms with E-state index in [1.54, 1.807) is 0 Å². The number of hydrazine groups is 1. The average molecular weight is 212 g/mol. The van der Waals surface area contributed by atoms with Crippen molar-refractivity contribution in [3.05, 3.63) is 0 Å². The summed E-state index contributed by atoms with van der Waals surface area (Å²) in [6.07, 6.45) is 5.45. The van der Waals surface area contributed by atoms with Gasteiger partial charge in [-0.3, -0.25) is 0 Å². The van der Waals surface area contributed by atoms with E-state index in [1.165, 1.54) is 25.7 Å². The molecule has 2 aliphatic rings. The first-order valence-electron chi connectivity index (χ1n) is 6.22. The van der Waals surface area contributed by atoms with Crippen molar-refractivity contribution in [1.82, 2.24) is 10.0 Å². The van der Waals surface area contributed by atoms with Crippen LogP contribution >= 0.6 is 0 Å². The van der Waals surface area contributed by atoms with Crippen molar-refractivity contribution in [2.75, 3.05) is 27.3 Å². The molecule has 1 aliphatic heterocycles. The van der Waals surface area contributed by atoms with E-state index in [4.69, 9.17) is 4.74 Å². The molecule has 1 unspecified atom stereocenters. The Hall–Kier alpha value is -0.120. The number of hydrogen-bond acceptors (Lipinski definition) is 3. The molecule has 0 amide bonds. The molecular formula is C12H24N2O. The van der Waals surface area contributed by atoms with Crippen molar-refractivity contribution in [3.8, 4) is 0 Å². The van der Waals surface area contributed by atoms with Gasteiger partial charge in [0.1, 0.15) is 0 Å². The Labute approximate surface area is 93.3 Å². The molecule has 1 aliphatic carbocycles. The Balaban J connectivity index is 1.90. The summed E-state index contributed by atoms with van der Waals surface area (Å²) >= 11 is 0. The van der Waals surface area contributed by atoms with Crippen LogP contribution in [0.5, 0.6) is 0 Å². The van der Waals surface area contributed by atoms with Crippen molar-refractivity contribution < 1.29 is 4.74 Å². The van der Waals surface area contributed by atoms with E-state index in [0.717, 1.165) is 19.1 Å². The van der Waals surface area contributed by atoms with Gasteiger partial charge in [-0.25, -0.2) is 10.0 Å². The molecule has 88 valence electrons. The predicted octanol–water partition coefficient (Wildman–Crippen LogP) is 1.74. The summed E-state index contributed by atoms with van der Waals surface area (Å²) in [5.74, 6) is 1.00. The van der Waals surface area contributed by atoms with Crippen LogP contribution in [0.3, 0.4) is 0 Å². The molecule has 15 heavy (non-hydrogen) atoms. The van der Waals surface area contributed by atoms with Crippen molar-refractivity contribution in [2.45, 2.75) is 44.7 Å². The third-order valence-corrected chi connectivity index (χ3v) is 3.56. The van der Waals surface area contributed by atoms with Crippen LogP contribution in [0.4, 0.5) is 0 Å². The molecule has 0 radical (unpaired) electrons. The first-order chi connectivity index (χ1) is 7.18. The fourth-order valence-corrected chi connectivity index (χ4v) is 2.76. The third-order valence-electron chi connectivity index (χ3n) is 3.56. The lowest BCUT2D eigenvalue weighted by atomic mass is 10.1. The SMILES string of the molecule is CC(CC1CC1)N([C@@H]1CCOC1)N(C)C. The highest BCUT2D eigenvalue weighted by Gasteiger charge is 2.32. The van der Waals surface area contributed by atoms with Crippen LogP contribution in [0.1, 0.15) is 32.6 Å². The van der Waals surface area contributed by atoms with Crippen LogP contribution in [0.15, 0.2) is 0 Å². The molecular weight excluding hydrogens is 188 g/mol. The molecule has 0 bridgehead atoms. The Morgan fingerprint density at radius 1 is 1.27 bits per heavy atom. The molecule has 0 aromatic heterocycles. The van der Waals surface area contributed by atoms with E-state index >= 15 is 0 Å². The van der Waals surface area contributed by atoms with E-state index in [0.29, 0.717) is 12.1 Å². The van der Waals surface area contributed by atoms with Crippen LogP contribution < -0.4 is 0 Å². The lowest BCUT2D eigenvalue weighted by molar-refractivity contribution is -0.0577. The van der Waals surface area contributed by atoms with Crippen molar-refractivity contribution in [3.63, 3.8) is 0 Å². The van der Waals surface area contributed by atoms with Gasteiger partial charge in [0.05, 0.1) is 12.6 Å². The molecule has 0 N–H and O–H groups in total. The molecule has 2 atom stereocenters. The van der Waals surface area contributed by atoms with Gasteiger partial charge < -0.3 is 4.74 Å². The van der Waals surface area contributed by atoms with E-state index in [2.05, 4.69) is 31.0 Å². The Bertz CT molecular complexity index is 198. The second kappa shape index (κ2) is 4.81. The molecule has 0 spiro atoms. The molecule has 2 rings (SSSR count). The van der Waals surface area contributed by atoms with Gasteiger partial charge in [0.2, 0.25) is 0 Å². The topological polar surface area (TPSA) is 15.7 Å². The zero-order valence-electron chi connectivity index (χ0n) is 10.3. The zero-order valence-corrected chi connectivity index (χ0v) is 10.3. The van der Waals surface area contributed by atoms with E-state index in [1.807, 2.05) is 0 Å². The summed E-state index contributed by atoms with van der Waals surface area (Å²) in [7, 11) is 4.31. The maximum atomic E-state index is 5.49. The van der Waals surface area contributed by atoms with Gasteiger partial charge in [-0.15, -0.1) is 0 Å². The first-order valence-corrected chi connectivity index (χ1v) is 6.22. The highest BCUT2D eigenvalue weighted by Crippen LogP contribution is 2.35. The molecule has 1 saturated carbocycles. The molecule has 3 heteroatoms. The largest absolute Gasteiger partial charge is 0.380 e. The van der Waals surface area contributed by atoms with Gasteiger partial charge in [0, 0.05) is 26.7 Å². The fraction of sp³-hybridized carbons (Fsp3) is 1.00. The van der Waals surface area contributed by atoms with Crippen molar-refractivity contribution in [2.24, 2.45) is 5.92 Å². The standard InChI is InChI=1S/C12H24N2O/c1-10(8-11-4-5-11)14(13(2)3)12-6-7-15-9-12/h10-12H,4-9H2,1-3H3/t10?,12-/m1/s1. The van der Waals surface area contributed by atoms with Crippen LogP contribution in [0.25, 0.3) is 0 Å². The average Bonchev–Trinajstić information content (AvgIpc) is 2.81. The fourth-order valence-electron chi connectivity index (χ4n) is 2.76. The molecule has 0 aromatic rings. The number of nitrogens with zero attached hydrogens (tertiary/aromatic N) is 2. The summed E-state index contributed by atoms with van der Waals surface area (Å²) in [6, 6.07) is 1.27. The van der Waals surface area contributed by atoms with Crippen molar-refractivity contribution in [1.29, 1.82) is 0 Å². The Morgan fingerprint density at radius 3 is 2.47 bits per heavy atom. The number of ether oxygens (including phenoxy) is 1. The Morgan fingerprint density at radius 2 is 2.00 bits per heavy atom. The van der Waals surface area contributed by atoms with Gasteiger partial charge in [-0.1, -0.05) is 12.8 Å². The quantitative estimate of drug-likeness (QED) is 0.646. The first kappa shape index (κ1) is 11.4. The van der Waals surface area contributed by atoms with Crippen LogP contribution in [0.2, 0.25) is 0 Å². The summed E-state index contributed by atoms with van der Waals surface area (Å²) in [5.41, 5.74) is 0. The number of rotatable bonds is 5. The minimum atomic E-state index is 0.605. The molecule has 1 saturated heterocycles. The monoisotopic (exact) mass is 212 g/mol. The van der Waals surface area contributed by atoms with Crippen LogP contribution in [-0.4, -0.2) is 49.4 Å². The van der Waals surface area contributed by atoms with Gasteiger partial charge in [-0.05, 0) is 25.7 Å². The maximum absolute atomic E-state index is 5.49. The minimum absolute atomic E-state index is 0.605. The summed E-state index contributed by atoms with van der Waals surface area (Å²) < 4.78 is 5.49. The lowest BCUT2D eigenvalue weighted by Crippen LogP contribution is -2.50. The molecule has 0 aromatic carbocycles. The summed E-state index contributed by atoms with van der Waals surface area (Å²) in [4.78, 5) is 0. The van der Waals surface area contributed by atoms with E-state index < -0.39 is 0 Å². The third kappa shape index (κ3) is 2.92. The van der Waals surface area contributed by atoms with Gasteiger partial charge in [0.15, 0.2) is 0 Å². The van der Waals surface area contributed by atoms with Gasteiger partial charge >= 0.3 is 0 Å². The molecule has 3 nitrogen and oxygen atoms in total. The smallest absolute Gasteiger partial charge is 0.0636 e.